The fourth-order valence-electron chi connectivity index (χ4n) is 1.47. The zero-order valence-corrected chi connectivity index (χ0v) is 9.00. The largest absolute Gasteiger partial charge is 0.504 e. The van der Waals surface area contributed by atoms with Gasteiger partial charge in [-0.3, -0.25) is 4.68 Å². The molecule has 0 spiro atoms. The number of nitrogens with zero attached hydrogens (tertiary/aromatic N) is 2. The van der Waals surface area contributed by atoms with E-state index in [1.165, 1.54) is 6.20 Å². The first kappa shape index (κ1) is 10.1. The Balaban J connectivity index is 3.25. The monoisotopic (exact) mass is 182 g/mol. The third-order valence-electron chi connectivity index (χ3n) is 1.98. The molecule has 13 heavy (non-hydrogen) atoms. The van der Waals surface area contributed by atoms with Crippen molar-refractivity contribution >= 4 is 0 Å². The normalized spacial score (nSPS) is 12.5. The van der Waals surface area contributed by atoms with Gasteiger partial charge in [0.05, 0.1) is 11.9 Å². The second kappa shape index (κ2) is 3.05. The quantitative estimate of drug-likeness (QED) is 0.724. The molecule has 0 unspecified atom stereocenters. The first-order chi connectivity index (χ1) is 5.84. The lowest BCUT2D eigenvalue weighted by Crippen LogP contribution is -2.19. The Bertz CT molecular complexity index is 294. The zero-order chi connectivity index (χ0) is 10.2. The van der Waals surface area contributed by atoms with Crippen LogP contribution in [-0.4, -0.2) is 14.9 Å². The summed E-state index contributed by atoms with van der Waals surface area (Å²) in [5.41, 5.74) is 0.840. The van der Waals surface area contributed by atoms with Crippen molar-refractivity contribution in [2.24, 2.45) is 0 Å². The molecule has 0 aliphatic carbocycles. The van der Waals surface area contributed by atoms with E-state index >= 15 is 0 Å². The molecule has 0 saturated heterocycles. The topological polar surface area (TPSA) is 38.0 Å². The maximum Gasteiger partial charge on any atom is 0.157 e. The predicted octanol–water partition coefficient (Wildman–Crippen LogP) is 2.47. The highest BCUT2D eigenvalue weighted by Crippen LogP contribution is 2.31. The van der Waals surface area contributed by atoms with Crippen LogP contribution in [0, 0.1) is 0 Å². The van der Waals surface area contributed by atoms with Gasteiger partial charge in [0.15, 0.2) is 5.75 Å². The summed E-state index contributed by atoms with van der Waals surface area (Å²) in [7, 11) is 0. The average molecular weight is 182 g/mol. The van der Waals surface area contributed by atoms with Crippen LogP contribution in [0.5, 0.6) is 5.75 Å². The lowest BCUT2D eigenvalue weighted by atomic mass is 9.91. The Hall–Kier alpha value is -0.990. The Labute approximate surface area is 79.4 Å². The van der Waals surface area contributed by atoms with Gasteiger partial charge in [0.1, 0.15) is 0 Å². The van der Waals surface area contributed by atoms with E-state index in [0.29, 0.717) is 5.75 Å². The molecule has 0 fully saturated rings. The van der Waals surface area contributed by atoms with Gasteiger partial charge in [-0.2, -0.15) is 5.10 Å². The first-order valence-corrected chi connectivity index (χ1v) is 4.61. The Kier molecular flexibility index (Phi) is 2.37. The van der Waals surface area contributed by atoms with Gasteiger partial charge in [-0.15, -0.1) is 0 Å². The minimum atomic E-state index is -0.0646. The number of hydrogen-bond acceptors (Lipinski definition) is 2. The van der Waals surface area contributed by atoms with Crippen LogP contribution in [0.4, 0.5) is 0 Å². The van der Waals surface area contributed by atoms with Crippen molar-refractivity contribution in [1.29, 1.82) is 0 Å². The van der Waals surface area contributed by atoms with Gasteiger partial charge in [-0.05, 0) is 13.8 Å². The molecule has 0 aliphatic heterocycles. The van der Waals surface area contributed by atoms with Crippen LogP contribution in [-0.2, 0) is 5.41 Å². The standard InChI is InChI=1S/C10H18N2O/c1-7(2)12-9(10(3,4)5)8(13)6-11-12/h6-7,13H,1-5H3. The summed E-state index contributed by atoms with van der Waals surface area (Å²) in [6.07, 6.45) is 1.51. The van der Waals surface area contributed by atoms with Gasteiger partial charge in [0.25, 0.3) is 0 Å². The maximum atomic E-state index is 9.63. The highest BCUT2D eigenvalue weighted by molar-refractivity contribution is 5.29. The summed E-state index contributed by atoms with van der Waals surface area (Å²) in [6.45, 7) is 10.3. The number of aromatic hydroxyl groups is 1. The van der Waals surface area contributed by atoms with Crippen LogP contribution >= 0.6 is 0 Å². The summed E-state index contributed by atoms with van der Waals surface area (Å²) < 4.78 is 1.87. The van der Waals surface area contributed by atoms with E-state index in [9.17, 15) is 5.11 Å². The van der Waals surface area contributed by atoms with Crippen molar-refractivity contribution in [2.45, 2.75) is 46.1 Å². The first-order valence-electron chi connectivity index (χ1n) is 4.61. The van der Waals surface area contributed by atoms with Gasteiger partial charge in [-0.25, -0.2) is 0 Å². The van der Waals surface area contributed by atoms with Crippen LogP contribution in [0.15, 0.2) is 6.20 Å². The van der Waals surface area contributed by atoms with Crippen LogP contribution in [0.3, 0.4) is 0 Å². The third kappa shape index (κ3) is 1.85. The highest BCUT2D eigenvalue weighted by atomic mass is 16.3. The Morgan fingerprint density at radius 2 is 1.92 bits per heavy atom. The van der Waals surface area contributed by atoms with Gasteiger partial charge in [0, 0.05) is 11.5 Å². The van der Waals surface area contributed by atoms with Gasteiger partial charge < -0.3 is 5.11 Å². The van der Waals surface area contributed by atoms with Crippen LogP contribution in [0.25, 0.3) is 0 Å². The highest BCUT2D eigenvalue weighted by Gasteiger charge is 2.24. The fourth-order valence-corrected chi connectivity index (χ4v) is 1.47. The number of rotatable bonds is 1. The van der Waals surface area contributed by atoms with Gasteiger partial charge in [0.2, 0.25) is 0 Å². The molecule has 0 bridgehead atoms. The molecule has 1 aromatic heterocycles. The number of hydrogen-bond donors (Lipinski definition) is 1. The van der Waals surface area contributed by atoms with Crippen molar-refractivity contribution in [3.8, 4) is 5.75 Å². The lowest BCUT2D eigenvalue weighted by molar-refractivity contribution is 0.408. The molecule has 3 heteroatoms. The summed E-state index contributed by atoms with van der Waals surface area (Å²) in [4.78, 5) is 0. The summed E-state index contributed by atoms with van der Waals surface area (Å²) >= 11 is 0. The predicted molar refractivity (Wildman–Crippen MR) is 53.0 cm³/mol. The van der Waals surface area contributed by atoms with E-state index in [1.54, 1.807) is 0 Å². The molecule has 0 saturated carbocycles. The molecule has 0 radical (unpaired) electrons. The molecule has 1 aromatic rings. The molecule has 3 nitrogen and oxygen atoms in total. The van der Waals surface area contributed by atoms with E-state index in [4.69, 9.17) is 0 Å². The van der Waals surface area contributed by atoms with Gasteiger partial charge in [-0.1, -0.05) is 20.8 Å². The molecule has 0 atom stereocenters. The summed E-state index contributed by atoms with van der Waals surface area (Å²) in [5, 5.41) is 13.8. The Morgan fingerprint density at radius 1 is 1.38 bits per heavy atom. The van der Waals surface area contributed by atoms with E-state index in [1.807, 2.05) is 4.68 Å². The maximum absolute atomic E-state index is 9.63. The lowest BCUT2D eigenvalue weighted by Gasteiger charge is -2.22. The molecule has 74 valence electrons. The smallest absolute Gasteiger partial charge is 0.157 e. The average Bonchev–Trinajstić information content (AvgIpc) is 2.28. The fraction of sp³-hybridized carbons (Fsp3) is 0.700. The number of aromatic nitrogens is 2. The van der Waals surface area contributed by atoms with Crippen molar-refractivity contribution in [1.82, 2.24) is 9.78 Å². The SMILES string of the molecule is CC(C)n1ncc(O)c1C(C)(C)C. The van der Waals surface area contributed by atoms with Crippen molar-refractivity contribution in [3.05, 3.63) is 11.9 Å². The molecule has 0 amide bonds. The summed E-state index contributed by atoms with van der Waals surface area (Å²) in [6, 6.07) is 0.287. The van der Waals surface area contributed by atoms with Crippen LogP contribution in [0.1, 0.15) is 46.4 Å². The van der Waals surface area contributed by atoms with Crippen LogP contribution in [0.2, 0.25) is 0 Å². The van der Waals surface area contributed by atoms with Crippen molar-refractivity contribution in [2.75, 3.05) is 0 Å². The Morgan fingerprint density at radius 3 is 2.23 bits per heavy atom. The molecule has 1 rings (SSSR count). The minimum absolute atomic E-state index is 0.0646. The molecular formula is C10H18N2O. The summed E-state index contributed by atoms with van der Waals surface area (Å²) in [5.74, 6) is 0.293. The van der Waals surface area contributed by atoms with Gasteiger partial charge >= 0.3 is 0 Å². The van der Waals surface area contributed by atoms with Crippen LogP contribution < -0.4 is 0 Å². The van der Waals surface area contributed by atoms with E-state index in [-0.39, 0.29) is 11.5 Å². The second-order valence-corrected chi connectivity index (χ2v) is 4.67. The third-order valence-corrected chi connectivity index (χ3v) is 1.98. The van der Waals surface area contributed by atoms with E-state index in [2.05, 4.69) is 39.7 Å². The molecule has 0 aliphatic rings. The van der Waals surface area contributed by atoms with E-state index < -0.39 is 0 Å². The zero-order valence-electron chi connectivity index (χ0n) is 9.00. The van der Waals surface area contributed by atoms with E-state index in [0.717, 1.165) is 5.69 Å². The molecule has 1 N–H and O–H groups in total. The minimum Gasteiger partial charge on any atom is -0.504 e. The van der Waals surface area contributed by atoms with Crippen molar-refractivity contribution < 1.29 is 5.11 Å². The van der Waals surface area contributed by atoms with Crippen molar-refractivity contribution in [3.63, 3.8) is 0 Å². The molecule has 0 aromatic carbocycles. The molecular weight excluding hydrogens is 164 g/mol. The molecule has 1 heterocycles. The second-order valence-electron chi connectivity index (χ2n) is 4.67.